The van der Waals surface area contributed by atoms with Gasteiger partial charge in [-0.15, -0.1) is 0 Å². The van der Waals surface area contributed by atoms with Gasteiger partial charge >= 0.3 is 0 Å². The largest absolute Gasteiger partial charge is 0.497 e. The molecule has 2 aromatic rings. The Labute approximate surface area is 196 Å². The maximum Gasteiger partial charge on any atom is 0.244 e. The topological polar surface area (TPSA) is 96.0 Å². The molecule has 0 aromatic heterocycles. The number of amides is 2. The van der Waals surface area contributed by atoms with E-state index in [1.54, 1.807) is 38.3 Å². The number of ether oxygens (including phenoxy) is 1. The molecule has 33 heavy (non-hydrogen) atoms. The van der Waals surface area contributed by atoms with Gasteiger partial charge in [-0.3, -0.25) is 13.9 Å². The molecule has 1 atom stereocenters. The van der Waals surface area contributed by atoms with Crippen molar-refractivity contribution in [2.24, 2.45) is 0 Å². The highest BCUT2D eigenvalue weighted by molar-refractivity contribution is 7.92. The smallest absolute Gasteiger partial charge is 0.244 e. The SMILES string of the molecule is CC[C@@H](C(=O)NC)N(Cc1ccc(OC)cc1)C(=O)CN(c1ccc(C)cc1C)S(C)(=O)=O. The molecule has 0 fully saturated rings. The van der Waals surface area contributed by atoms with E-state index < -0.39 is 28.5 Å². The standard InChI is InChI=1S/C24H33N3O5S/c1-7-21(24(29)25-4)26(15-19-9-11-20(32-5)12-10-19)23(28)16-27(33(6,30)31)22-13-8-17(2)14-18(22)3/h8-14,21H,7,15-16H2,1-6H3,(H,25,29)/t21-/m0/s1. The summed E-state index contributed by atoms with van der Waals surface area (Å²) in [5.41, 5.74) is 2.97. The highest BCUT2D eigenvalue weighted by atomic mass is 32.2. The van der Waals surface area contributed by atoms with Crippen molar-refractivity contribution in [1.29, 1.82) is 0 Å². The molecular weight excluding hydrogens is 442 g/mol. The van der Waals surface area contributed by atoms with Gasteiger partial charge in [0.2, 0.25) is 21.8 Å². The van der Waals surface area contributed by atoms with Gasteiger partial charge in [0, 0.05) is 13.6 Å². The molecule has 0 bridgehead atoms. The molecule has 0 aliphatic carbocycles. The summed E-state index contributed by atoms with van der Waals surface area (Å²) in [5.74, 6) is -0.100. The Morgan fingerprint density at radius 2 is 1.73 bits per heavy atom. The summed E-state index contributed by atoms with van der Waals surface area (Å²) in [6, 6.07) is 11.8. The van der Waals surface area contributed by atoms with Crippen molar-refractivity contribution < 1.29 is 22.7 Å². The number of hydrogen-bond donors (Lipinski definition) is 1. The first-order valence-electron chi connectivity index (χ1n) is 10.7. The summed E-state index contributed by atoms with van der Waals surface area (Å²) < 4.78 is 31.6. The predicted molar refractivity (Wildman–Crippen MR) is 130 cm³/mol. The third-order valence-corrected chi connectivity index (χ3v) is 6.57. The van der Waals surface area contributed by atoms with Crippen LogP contribution in [0, 0.1) is 13.8 Å². The molecule has 0 saturated carbocycles. The first kappa shape index (κ1) is 26.2. The number of aryl methyl sites for hydroxylation is 2. The highest BCUT2D eigenvalue weighted by Gasteiger charge is 2.31. The van der Waals surface area contributed by atoms with Crippen molar-refractivity contribution in [3.63, 3.8) is 0 Å². The lowest BCUT2D eigenvalue weighted by atomic mass is 10.1. The fourth-order valence-electron chi connectivity index (χ4n) is 3.69. The molecule has 0 aliphatic rings. The number of carbonyl (C=O) groups is 2. The Morgan fingerprint density at radius 3 is 2.21 bits per heavy atom. The second kappa shape index (κ2) is 11.2. The normalized spacial score (nSPS) is 12.1. The average Bonchev–Trinajstić information content (AvgIpc) is 2.77. The monoisotopic (exact) mass is 475 g/mol. The van der Waals surface area contributed by atoms with Crippen molar-refractivity contribution in [1.82, 2.24) is 10.2 Å². The van der Waals surface area contributed by atoms with E-state index in [2.05, 4.69) is 5.32 Å². The van der Waals surface area contributed by atoms with Gasteiger partial charge in [0.15, 0.2) is 0 Å². The zero-order valence-corrected chi connectivity index (χ0v) is 20.9. The lowest BCUT2D eigenvalue weighted by Crippen LogP contribution is -2.51. The van der Waals surface area contributed by atoms with E-state index in [4.69, 9.17) is 4.74 Å². The highest BCUT2D eigenvalue weighted by Crippen LogP contribution is 2.24. The minimum atomic E-state index is -3.75. The van der Waals surface area contributed by atoms with Crippen molar-refractivity contribution >= 4 is 27.5 Å². The second-order valence-electron chi connectivity index (χ2n) is 7.97. The summed E-state index contributed by atoms with van der Waals surface area (Å²) in [4.78, 5) is 27.5. The van der Waals surface area contributed by atoms with E-state index in [1.807, 2.05) is 32.0 Å². The van der Waals surface area contributed by atoms with E-state index in [-0.39, 0.29) is 12.5 Å². The summed E-state index contributed by atoms with van der Waals surface area (Å²) in [6.45, 7) is 5.27. The number of carbonyl (C=O) groups excluding carboxylic acids is 2. The number of benzene rings is 2. The number of hydrogen-bond acceptors (Lipinski definition) is 5. The van der Waals surface area contributed by atoms with Crippen LogP contribution >= 0.6 is 0 Å². The van der Waals surface area contributed by atoms with Crippen LogP contribution in [-0.2, 0) is 26.2 Å². The van der Waals surface area contributed by atoms with Crippen LogP contribution in [0.5, 0.6) is 5.75 Å². The van der Waals surface area contributed by atoms with Crippen LogP contribution in [0.1, 0.15) is 30.0 Å². The van der Waals surface area contributed by atoms with Crippen molar-refractivity contribution in [3.8, 4) is 5.75 Å². The van der Waals surface area contributed by atoms with Crippen LogP contribution in [0.25, 0.3) is 0 Å². The van der Waals surface area contributed by atoms with E-state index in [0.29, 0.717) is 17.9 Å². The van der Waals surface area contributed by atoms with E-state index >= 15 is 0 Å². The summed E-state index contributed by atoms with van der Waals surface area (Å²) >= 11 is 0. The van der Waals surface area contributed by atoms with Gasteiger partial charge in [0.05, 0.1) is 19.1 Å². The lowest BCUT2D eigenvalue weighted by Gasteiger charge is -2.33. The molecule has 2 aromatic carbocycles. The van der Waals surface area contributed by atoms with Gasteiger partial charge in [0.25, 0.3) is 0 Å². The molecular formula is C24H33N3O5S. The number of anilines is 1. The van der Waals surface area contributed by atoms with Crippen LogP contribution in [0.3, 0.4) is 0 Å². The molecule has 8 nitrogen and oxygen atoms in total. The Balaban J connectivity index is 2.44. The number of likely N-dealkylation sites (N-methyl/N-ethyl adjacent to an activating group) is 1. The average molecular weight is 476 g/mol. The molecule has 0 saturated heterocycles. The molecule has 1 N–H and O–H groups in total. The minimum absolute atomic E-state index is 0.152. The molecule has 180 valence electrons. The first-order chi connectivity index (χ1) is 15.5. The van der Waals surface area contributed by atoms with Crippen LogP contribution in [0.2, 0.25) is 0 Å². The third-order valence-electron chi connectivity index (χ3n) is 5.44. The maximum atomic E-state index is 13.5. The number of rotatable bonds is 10. The summed E-state index contributed by atoms with van der Waals surface area (Å²) in [5, 5.41) is 2.60. The third kappa shape index (κ3) is 6.71. The number of nitrogens with one attached hydrogen (secondary N) is 1. The quantitative estimate of drug-likeness (QED) is 0.570. The fourth-order valence-corrected chi connectivity index (χ4v) is 4.60. The zero-order chi connectivity index (χ0) is 24.8. The molecule has 0 heterocycles. The van der Waals surface area contributed by atoms with Crippen LogP contribution < -0.4 is 14.4 Å². The zero-order valence-electron chi connectivity index (χ0n) is 20.1. The number of sulfonamides is 1. The van der Waals surface area contributed by atoms with Gasteiger partial charge in [0.1, 0.15) is 18.3 Å². The maximum absolute atomic E-state index is 13.5. The molecule has 0 unspecified atom stereocenters. The Kier molecular flexibility index (Phi) is 8.87. The van der Waals surface area contributed by atoms with Gasteiger partial charge < -0.3 is 15.0 Å². The molecule has 9 heteroatoms. The van der Waals surface area contributed by atoms with Gasteiger partial charge in [-0.05, 0) is 49.6 Å². The van der Waals surface area contributed by atoms with Crippen molar-refractivity contribution in [2.45, 2.75) is 39.8 Å². The van der Waals surface area contributed by atoms with E-state index in [1.165, 1.54) is 11.9 Å². The van der Waals surface area contributed by atoms with Crippen LogP contribution in [0.4, 0.5) is 5.69 Å². The van der Waals surface area contributed by atoms with E-state index in [9.17, 15) is 18.0 Å². The molecule has 2 rings (SSSR count). The second-order valence-corrected chi connectivity index (χ2v) is 9.87. The van der Waals surface area contributed by atoms with Gasteiger partial charge in [-0.2, -0.15) is 0 Å². The number of nitrogens with zero attached hydrogens (tertiary/aromatic N) is 2. The Morgan fingerprint density at radius 1 is 1.09 bits per heavy atom. The summed E-state index contributed by atoms with van der Waals surface area (Å²) in [7, 11) is -0.674. The predicted octanol–water partition coefficient (Wildman–Crippen LogP) is 2.63. The van der Waals surface area contributed by atoms with Gasteiger partial charge in [-0.25, -0.2) is 8.42 Å². The van der Waals surface area contributed by atoms with E-state index in [0.717, 1.165) is 27.3 Å². The number of methoxy groups -OCH3 is 1. The van der Waals surface area contributed by atoms with Crippen molar-refractivity contribution in [3.05, 3.63) is 59.2 Å². The molecule has 0 aliphatic heterocycles. The van der Waals surface area contributed by atoms with Gasteiger partial charge in [-0.1, -0.05) is 36.8 Å². The first-order valence-corrected chi connectivity index (χ1v) is 12.6. The summed E-state index contributed by atoms with van der Waals surface area (Å²) in [6.07, 6.45) is 1.45. The lowest BCUT2D eigenvalue weighted by molar-refractivity contribution is -0.140. The fraction of sp³-hybridized carbons (Fsp3) is 0.417. The molecule has 0 spiro atoms. The Bertz CT molecular complexity index is 1080. The van der Waals surface area contributed by atoms with Crippen LogP contribution in [-0.4, -0.2) is 58.1 Å². The molecule has 2 amide bonds. The molecule has 0 radical (unpaired) electrons. The Hall–Kier alpha value is -3.07. The minimum Gasteiger partial charge on any atom is -0.497 e. The van der Waals surface area contributed by atoms with Crippen molar-refractivity contribution in [2.75, 3.05) is 31.3 Å². The van der Waals surface area contributed by atoms with Crippen LogP contribution in [0.15, 0.2) is 42.5 Å².